The Kier molecular flexibility index (Phi) is 5.40. The maximum absolute atomic E-state index is 4.17. The predicted octanol–water partition coefficient (Wildman–Crippen LogP) is 6.15. The van der Waals surface area contributed by atoms with Crippen LogP contribution < -0.4 is 5.32 Å². The van der Waals surface area contributed by atoms with Crippen molar-refractivity contribution in [1.82, 2.24) is 5.32 Å². The Hall–Kier alpha value is -2.38. The molecule has 1 heteroatoms. The SMILES string of the molecule is CC1CCCC[C@H]1NC(c1ccccc1)(c1ccccc1)c1ccccc1. The standard InChI is InChI=1S/C26H29N/c1-21-13-11-12-20-25(21)27-26(22-14-5-2-6-15-22,23-16-7-3-8-17-23)24-18-9-4-10-19-24/h2-10,14-19,21,25,27H,11-13,20H2,1H3/t21?,25-/m1/s1. The van der Waals surface area contributed by atoms with Crippen molar-refractivity contribution in [3.63, 3.8) is 0 Å². The van der Waals surface area contributed by atoms with E-state index in [1.165, 1.54) is 42.4 Å². The van der Waals surface area contributed by atoms with Crippen LogP contribution in [0.2, 0.25) is 0 Å². The van der Waals surface area contributed by atoms with Crippen LogP contribution in [0.25, 0.3) is 0 Å². The molecular formula is C26H29N. The topological polar surface area (TPSA) is 12.0 Å². The summed E-state index contributed by atoms with van der Waals surface area (Å²) in [5.41, 5.74) is 3.58. The van der Waals surface area contributed by atoms with Crippen molar-refractivity contribution in [2.75, 3.05) is 0 Å². The fourth-order valence-electron chi connectivity index (χ4n) is 4.62. The van der Waals surface area contributed by atoms with Crippen LogP contribution in [-0.2, 0) is 5.54 Å². The van der Waals surface area contributed by atoms with E-state index in [4.69, 9.17) is 0 Å². The second-order valence-corrected chi connectivity index (χ2v) is 7.86. The predicted molar refractivity (Wildman–Crippen MR) is 114 cm³/mol. The number of benzene rings is 3. The maximum Gasteiger partial charge on any atom is 0.0950 e. The first-order valence-corrected chi connectivity index (χ1v) is 10.2. The molecule has 27 heavy (non-hydrogen) atoms. The van der Waals surface area contributed by atoms with Crippen LogP contribution in [-0.4, -0.2) is 6.04 Å². The highest BCUT2D eigenvalue weighted by Gasteiger charge is 2.39. The van der Waals surface area contributed by atoms with Crippen LogP contribution in [0.1, 0.15) is 49.3 Å². The van der Waals surface area contributed by atoms with Gasteiger partial charge in [-0.3, -0.25) is 5.32 Å². The van der Waals surface area contributed by atoms with E-state index < -0.39 is 0 Å². The average Bonchev–Trinajstić information content (AvgIpc) is 2.75. The summed E-state index contributed by atoms with van der Waals surface area (Å²) in [6.45, 7) is 2.41. The van der Waals surface area contributed by atoms with Gasteiger partial charge in [-0.2, -0.15) is 0 Å². The second kappa shape index (κ2) is 8.10. The largest absolute Gasteiger partial charge is 0.297 e. The van der Waals surface area contributed by atoms with Gasteiger partial charge in [0.2, 0.25) is 0 Å². The molecule has 1 unspecified atom stereocenters. The Morgan fingerprint density at radius 1 is 0.630 bits per heavy atom. The highest BCUT2D eigenvalue weighted by Crippen LogP contribution is 2.39. The van der Waals surface area contributed by atoms with E-state index in [0.29, 0.717) is 12.0 Å². The molecule has 0 aliphatic heterocycles. The van der Waals surface area contributed by atoms with Gasteiger partial charge < -0.3 is 0 Å². The van der Waals surface area contributed by atoms with Crippen molar-refractivity contribution in [3.05, 3.63) is 108 Å². The molecule has 1 aliphatic carbocycles. The van der Waals surface area contributed by atoms with Crippen LogP contribution in [0, 0.1) is 5.92 Å². The van der Waals surface area contributed by atoms with Crippen molar-refractivity contribution in [2.45, 2.75) is 44.2 Å². The number of hydrogen-bond donors (Lipinski definition) is 1. The van der Waals surface area contributed by atoms with Gasteiger partial charge in [0.15, 0.2) is 0 Å². The lowest BCUT2D eigenvalue weighted by atomic mass is 9.74. The van der Waals surface area contributed by atoms with E-state index >= 15 is 0 Å². The smallest absolute Gasteiger partial charge is 0.0950 e. The molecular weight excluding hydrogens is 326 g/mol. The summed E-state index contributed by atoms with van der Waals surface area (Å²) >= 11 is 0. The molecule has 0 bridgehead atoms. The molecule has 0 aromatic heterocycles. The summed E-state index contributed by atoms with van der Waals surface area (Å²) in [6, 6.07) is 33.3. The molecule has 138 valence electrons. The molecule has 0 spiro atoms. The Morgan fingerprint density at radius 2 is 1.04 bits per heavy atom. The van der Waals surface area contributed by atoms with E-state index in [2.05, 4.69) is 103 Å². The first kappa shape index (κ1) is 18.0. The average molecular weight is 356 g/mol. The second-order valence-electron chi connectivity index (χ2n) is 7.86. The van der Waals surface area contributed by atoms with Gasteiger partial charge in [-0.15, -0.1) is 0 Å². The molecule has 2 atom stereocenters. The molecule has 3 aromatic rings. The Labute approximate surface area is 163 Å². The summed E-state index contributed by atoms with van der Waals surface area (Å²) in [5, 5.41) is 4.17. The molecule has 1 N–H and O–H groups in total. The molecule has 1 saturated carbocycles. The summed E-state index contributed by atoms with van der Waals surface area (Å²) < 4.78 is 0. The van der Waals surface area contributed by atoms with Crippen LogP contribution in [0.3, 0.4) is 0 Å². The van der Waals surface area contributed by atoms with Crippen LogP contribution in [0.4, 0.5) is 0 Å². The molecule has 1 aliphatic rings. The minimum Gasteiger partial charge on any atom is -0.297 e. The minimum atomic E-state index is -0.333. The molecule has 0 amide bonds. The molecule has 4 rings (SSSR count). The molecule has 0 radical (unpaired) electrons. The number of hydrogen-bond acceptors (Lipinski definition) is 1. The van der Waals surface area contributed by atoms with Gasteiger partial charge in [-0.25, -0.2) is 0 Å². The maximum atomic E-state index is 4.17. The number of rotatable bonds is 5. The lowest BCUT2D eigenvalue weighted by molar-refractivity contribution is 0.242. The summed E-state index contributed by atoms with van der Waals surface area (Å²) in [7, 11) is 0. The van der Waals surface area contributed by atoms with Crippen molar-refractivity contribution >= 4 is 0 Å². The van der Waals surface area contributed by atoms with Gasteiger partial charge in [-0.1, -0.05) is 111 Å². The zero-order valence-corrected chi connectivity index (χ0v) is 16.1. The molecule has 3 aromatic carbocycles. The summed E-state index contributed by atoms with van der Waals surface area (Å²) in [5.74, 6) is 0.689. The van der Waals surface area contributed by atoms with Gasteiger partial charge in [-0.05, 0) is 35.4 Å². The van der Waals surface area contributed by atoms with E-state index in [-0.39, 0.29) is 5.54 Å². The third-order valence-electron chi connectivity index (χ3n) is 6.13. The van der Waals surface area contributed by atoms with E-state index in [0.717, 1.165) is 0 Å². The lowest BCUT2D eigenvalue weighted by Crippen LogP contribution is -2.52. The Morgan fingerprint density at radius 3 is 1.44 bits per heavy atom. The first-order chi connectivity index (χ1) is 13.3. The van der Waals surface area contributed by atoms with Gasteiger partial charge in [0.25, 0.3) is 0 Å². The highest BCUT2D eigenvalue weighted by molar-refractivity contribution is 5.49. The highest BCUT2D eigenvalue weighted by atomic mass is 15.0. The third kappa shape index (κ3) is 3.57. The van der Waals surface area contributed by atoms with Crippen molar-refractivity contribution in [2.24, 2.45) is 5.92 Å². The lowest BCUT2D eigenvalue weighted by Gasteiger charge is -2.43. The summed E-state index contributed by atoms with van der Waals surface area (Å²) in [4.78, 5) is 0. The summed E-state index contributed by atoms with van der Waals surface area (Å²) in [6.07, 6.45) is 5.23. The van der Waals surface area contributed by atoms with E-state index in [9.17, 15) is 0 Å². The molecule has 0 heterocycles. The minimum absolute atomic E-state index is 0.333. The van der Waals surface area contributed by atoms with Crippen molar-refractivity contribution < 1.29 is 0 Å². The molecule has 1 fully saturated rings. The third-order valence-corrected chi connectivity index (χ3v) is 6.13. The Bertz CT molecular complexity index is 729. The Balaban J connectivity index is 1.91. The first-order valence-electron chi connectivity index (χ1n) is 10.2. The normalized spacial score (nSPS) is 20.3. The molecule has 1 nitrogen and oxygen atoms in total. The molecule has 0 saturated heterocycles. The fourth-order valence-corrected chi connectivity index (χ4v) is 4.62. The van der Waals surface area contributed by atoms with Crippen LogP contribution in [0.5, 0.6) is 0 Å². The van der Waals surface area contributed by atoms with Gasteiger partial charge in [0, 0.05) is 6.04 Å². The van der Waals surface area contributed by atoms with Crippen LogP contribution in [0.15, 0.2) is 91.0 Å². The van der Waals surface area contributed by atoms with Gasteiger partial charge in [0.1, 0.15) is 0 Å². The zero-order chi connectivity index (χ0) is 18.5. The monoisotopic (exact) mass is 355 g/mol. The van der Waals surface area contributed by atoms with E-state index in [1.807, 2.05) is 0 Å². The zero-order valence-electron chi connectivity index (χ0n) is 16.1. The number of nitrogens with one attached hydrogen (secondary N) is 1. The quantitative estimate of drug-likeness (QED) is 0.542. The van der Waals surface area contributed by atoms with Crippen molar-refractivity contribution in [1.29, 1.82) is 0 Å². The van der Waals surface area contributed by atoms with E-state index in [1.54, 1.807) is 0 Å². The fraction of sp³-hybridized carbons (Fsp3) is 0.308. The van der Waals surface area contributed by atoms with Crippen LogP contribution >= 0.6 is 0 Å². The van der Waals surface area contributed by atoms with Gasteiger partial charge in [0.05, 0.1) is 5.54 Å². The van der Waals surface area contributed by atoms with Gasteiger partial charge >= 0.3 is 0 Å². The van der Waals surface area contributed by atoms with Crippen molar-refractivity contribution in [3.8, 4) is 0 Å².